The highest BCUT2D eigenvalue weighted by Gasteiger charge is 2.30. The topological polar surface area (TPSA) is 61.8 Å². The average molecular weight is 333 g/mol. The summed E-state index contributed by atoms with van der Waals surface area (Å²) in [4.78, 5) is 18.8. The predicted molar refractivity (Wildman–Crippen MR) is 93.3 cm³/mol. The maximum Gasteiger partial charge on any atom is 0.228 e. The number of carbonyl (C=O) groups excluding carboxylic acids is 1. The lowest BCUT2D eigenvalue weighted by Crippen LogP contribution is -2.50. The molecule has 0 spiro atoms. The normalized spacial score (nSPS) is 21.2. The summed E-state index contributed by atoms with van der Waals surface area (Å²) in [6.07, 6.45) is 0.858. The second-order valence-electron chi connectivity index (χ2n) is 6.29. The highest BCUT2D eigenvalue weighted by atomic mass is 16.5. The summed E-state index contributed by atoms with van der Waals surface area (Å²) in [7, 11) is 0. The summed E-state index contributed by atoms with van der Waals surface area (Å²) in [5.74, 6) is 2.11. The molecule has 2 aliphatic heterocycles. The Bertz CT molecular complexity index is 532. The maximum atomic E-state index is 12.4. The van der Waals surface area contributed by atoms with Crippen LogP contribution in [0.4, 0.5) is 11.6 Å². The molecule has 1 aromatic heterocycles. The fourth-order valence-electron chi connectivity index (χ4n) is 3.35. The third-order valence-corrected chi connectivity index (χ3v) is 4.92. The Labute approximate surface area is 143 Å². The van der Waals surface area contributed by atoms with Crippen LogP contribution in [0.5, 0.6) is 0 Å². The quantitative estimate of drug-likeness (QED) is 0.801. The minimum Gasteiger partial charge on any atom is -0.381 e. The Balaban J connectivity index is 1.55. The highest BCUT2D eigenvalue weighted by Crippen LogP contribution is 2.19. The SMILES string of the molecule is CCN(CC)c1ccc(N2CCN(C(=O)C3CCOC3)CC2)nn1. The second-order valence-corrected chi connectivity index (χ2v) is 6.29. The van der Waals surface area contributed by atoms with E-state index in [0.717, 1.165) is 57.3 Å². The second kappa shape index (κ2) is 7.79. The molecule has 0 radical (unpaired) electrons. The van der Waals surface area contributed by atoms with Crippen LogP contribution in [-0.2, 0) is 9.53 Å². The van der Waals surface area contributed by atoms with Crippen molar-refractivity contribution in [2.75, 3.05) is 62.3 Å². The summed E-state index contributed by atoms with van der Waals surface area (Å²) < 4.78 is 5.33. The van der Waals surface area contributed by atoms with Gasteiger partial charge in [0, 0.05) is 45.9 Å². The molecular weight excluding hydrogens is 306 g/mol. The maximum absolute atomic E-state index is 12.4. The van der Waals surface area contributed by atoms with Crippen LogP contribution in [0.1, 0.15) is 20.3 Å². The van der Waals surface area contributed by atoms with Crippen LogP contribution < -0.4 is 9.80 Å². The van der Waals surface area contributed by atoms with Gasteiger partial charge in [0.1, 0.15) is 0 Å². The summed E-state index contributed by atoms with van der Waals surface area (Å²) in [5.41, 5.74) is 0. The summed E-state index contributed by atoms with van der Waals surface area (Å²) in [6, 6.07) is 4.06. The van der Waals surface area contributed by atoms with Gasteiger partial charge in [-0.25, -0.2) is 0 Å². The van der Waals surface area contributed by atoms with Crippen molar-refractivity contribution >= 4 is 17.5 Å². The molecule has 0 saturated carbocycles. The zero-order valence-corrected chi connectivity index (χ0v) is 14.6. The van der Waals surface area contributed by atoms with Gasteiger partial charge in [0.05, 0.1) is 12.5 Å². The lowest BCUT2D eigenvalue weighted by molar-refractivity contribution is -0.135. The van der Waals surface area contributed by atoms with E-state index >= 15 is 0 Å². The highest BCUT2D eigenvalue weighted by molar-refractivity contribution is 5.79. The first-order chi connectivity index (χ1) is 11.7. The number of hydrogen-bond donors (Lipinski definition) is 0. The van der Waals surface area contributed by atoms with Gasteiger partial charge in [0.25, 0.3) is 0 Å². The van der Waals surface area contributed by atoms with Crippen molar-refractivity contribution in [1.29, 1.82) is 0 Å². The Hall–Kier alpha value is -1.89. The number of amides is 1. The molecule has 1 aromatic rings. The van der Waals surface area contributed by atoms with E-state index in [9.17, 15) is 4.79 Å². The van der Waals surface area contributed by atoms with Crippen LogP contribution in [0.2, 0.25) is 0 Å². The molecule has 2 aliphatic rings. The largest absolute Gasteiger partial charge is 0.381 e. The Kier molecular flexibility index (Phi) is 5.50. The van der Waals surface area contributed by atoms with Gasteiger partial charge in [-0.1, -0.05) is 0 Å². The minimum absolute atomic E-state index is 0.0599. The molecule has 0 aromatic carbocycles. The van der Waals surface area contributed by atoms with Gasteiger partial charge in [-0.3, -0.25) is 4.79 Å². The van der Waals surface area contributed by atoms with Crippen LogP contribution in [0.15, 0.2) is 12.1 Å². The van der Waals surface area contributed by atoms with Crippen molar-refractivity contribution < 1.29 is 9.53 Å². The standard InChI is InChI=1S/C17H27N5O2/c1-3-20(4-2)15-5-6-16(19-18-15)21-8-10-22(11-9-21)17(23)14-7-12-24-13-14/h5-6,14H,3-4,7-13H2,1-2H3. The first-order valence-corrected chi connectivity index (χ1v) is 8.93. The van der Waals surface area contributed by atoms with E-state index < -0.39 is 0 Å². The van der Waals surface area contributed by atoms with Gasteiger partial charge in [-0.05, 0) is 32.4 Å². The van der Waals surface area contributed by atoms with E-state index in [0.29, 0.717) is 13.2 Å². The molecule has 24 heavy (non-hydrogen) atoms. The van der Waals surface area contributed by atoms with Crippen molar-refractivity contribution in [2.45, 2.75) is 20.3 Å². The molecule has 3 heterocycles. The molecule has 1 unspecified atom stereocenters. The lowest BCUT2D eigenvalue weighted by Gasteiger charge is -2.36. The number of carbonyl (C=O) groups is 1. The smallest absolute Gasteiger partial charge is 0.228 e. The van der Waals surface area contributed by atoms with Crippen molar-refractivity contribution in [3.05, 3.63) is 12.1 Å². The molecule has 7 nitrogen and oxygen atoms in total. The van der Waals surface area contributed by atoms with Gasteiger partial charge >= 0.3 is 0 Å². The first-order valence-electron chi connectivity index (χ1n) is 8.93. The monoisotopic (exact) mass is 333 g/mol. The number of nitrogens with zero attached hydrogens (tertiary/aromatic N) is 5. The third kappa shape index (κ3) is 3.61. The van der Waals surface area contributed by atoms with Gasteiger partial charge < -0.3 is 19.4 Å². The molecule has 0 N–H and O–H groups in total. The molecule has 132 valence electrons. The molecular formula is C17H27N5O2. The number of anilines is 2. The van der Waals surface area contributed by atoms with Crippen molar-refractivity contribution in [1.82, 2.24) is 15.1 Å². The van der Waals surface area contributed by atoms with Gasteiger partial charge in [0.15, 0.2) is 11.6 Å². The molecule has 2 saturated heterocycles. The molecule has 3 rings (SSSR count). The number of hydrogen-bond acceptors (Lipinski definition) is 6. The predicted octanol–water partition coefficient (Wildman–Crippen LogP) is 1.01. The van der Waals surface area contributed by atoms with Crippen LogP contribution in [-0.4, -0.2) is 73.5 Å². The Morgan fingerprint density at radius 2 is 1.96 bits per heavy atom. The van der Waals surface area contributed by atoms with Gasteiger partial charge in [-0.2, -0.15) is 0 Å². The van der Waals surface area contributed by atoms with Crippen LogP contribution in [0.25, 0.3) is 0 Å². The summed E-state index contributed by atoms with van der Waals surface area (Å²) in [5, 5.41) is 8.73. The zero-order chi connectivity index (χ0) is 16.9. The van der Waals surface area contributed by atoms with E-state index in [1.54, 1.807) is 0 Å². The average Bonchev–Trinajstić information content (AvgIpc) is 3.18. The fraction of sp³-hybridized carbons (Fsp3) is 0.706. The number of piperazine rings is 1. The van der Waals surface area contributed by atoms with E-state index in [2.05, 4.69) is 33.8 Å². The van der Waals surface area contributed by atoms with Crippen LogP contribution >= 0.6 is 0 Å². The number of aromatic nitrogens is 2. The van der Waals surface area contributed by atoms with Gasteiger partial charge in [-0.15, -0.1) is 10.2 Å². The molecule has 1 amide bonds. The fourth-order valence-corrected chi connectivity index (χ4v) is 3.35. The molecule has 7 heteroatoms. The number of rotatable bonds is 5. The Morgan fingerprint density at radius 3 is 2.50 bits per heavy atom. The van der Waals surface area contributed by atoms with E-state index in [4.69, 9.17) is 4.74 Å². The zero-order valence-electron chi connectivity index (χ0n) is 14.6. The molecule has 0 aliphatic carbocycles. The molecule has 2 fully saturated rings. The lowest BCUT2D eigenvalue weighted by atomic mass is 10.1. The minimum atomic E-state index is 0.0599. The van der Waals surface area contributed by atoms with Crippen molar-refractivity contribution in [2.24, 2.45) is 5.92 Å². The van der Waals surface area contributed by atoms with Gasteiger partial charge in [0.2, 0.25) is 5.91 Å². The van der Waals surface area contributed by atoms with Crippen LogP contribution in [0.3, 0.4) is 0 Å². The van der Waals surface area contributed by atoms with E-state index in [1.165, 1.54) is 0 Å². The summed E-state index contributed by atoms with van der Waals surface area (Å²) in [6.45, 7) is 10.5. The molecule has 1 atom stereocenters. The van der Waals surface area contributed by atoms with Crippen molar-refractivity contribution in [3.63, 3.8) is 0 Å². The third-order valence-electron chi connectivity index (χ3n) is 4.92. The summed E-state index contributed by atoms with van der Waals surface area (Å²) >= 11 is 0. The van der Waals surface area contributed by atoms with E-state index in [1.807, 2.05) is 17.0 Å². The Morgan fingerprint density at radius 1 is 1.21 bits per heavy atom. The molecule has 0 bridgehead atoms. The van der Waals surface area contributed by atoms with Crippen molar-refractivity contribution in [3.8, 4) is 0 Å². The first kappa shape index (κ1) is 17.0. The van der Waals surface area contributed by atoms with Crippen LogP contribution in [0, 0.1) is 5.92 Å². The number of ether oxygens (including phenoxy) is 1. The van der Waals surface area contributed by atoms with E-state index in [-0.39, 0.29) is 11.8 Å².